The summed E-state index contributed by atoms with van der Waals surface area (Å²) in [5.74, 6) is 0.132. The fraction of sp³-hybridized carbons (Fsp3) is 0.579. The number of benzene rings is 1. The zero-order valence-electron chi connectivity index (χ0n) is 16.3. The lowest BCUT2D eigenvalue weighted by Gasteiger charge is -2.19. The molecule has 1 aromatic rings. The highest BCUT2D eigenvalue weighted by atomic mass is 16.2. The lowest BCUT2D eigenvalue weighted by atomic mass is 10.1. The van der Waals surface area contributed by atoms with Gasteiger partial charge in [-0.15, -0.1) is 0 Å². The highest BCUT2D eigenvalue weighted by Crippen LogP contribution is 2.23. The molecular weight excluding hydrogens is 316 g/mol. The second-order valence-corrected chi connectivity index (χ2v) is 7.19. The maximum Gasteiger partial charge on any atom is 0.253 e. The van der Waals surface area contributed by atoms with Crippen LogP contribution in [0.2, 0.25) is 0 Å². The molecule has 0 aliphatic heterocycles. The van der Waals surface area contributed by atoms with Gasteiger partial charge in [0.05, 0.1) is 5.56 Å². The fourth-order valence-electron chi connectivity index (χ4n) is 2.46. The molecule has 0 saturated carbocycles. The van der Waals surface area contributed by atoms with Crippen LogP contribution >= 0.6 is 0 Å². The molecule has 0 atom stereocenters. The molecule has 0 fully saturated rings. The molecular formula is C19H32N4O2. The predicted octanol–water partition coefficient (Wildman–Crippen LogP) is 2.42. The van der Waals surface area contributed by atoms with Crippen LogP contribution in [0.5, 0.6) is 0 Å². The largest absolute Gasteiger partial charge is 0.377 e. The number of nitrogens with one attached hydrogen (secondary N) is 2. The van der Waals surface area contributed by atoms with E-state index in [-0.39, 0.29) is 11.8 Å². The average molecular weight is 348 g/mol. The number of hydrogen-bond donors (Lipinski definition) is 2. The van der Waals surface area contributed by atoms with E-state index in [1.54, 1.807) is 6.07 Å². The van der Waals surface area contributed by atoms with E-state index in [0.717, 1.165) is 18.7 Å². The maximum absolute atomic E-state index is 12.6. The van der Waals surface area contributed by atoms with Crippen LogP contribution in [0.4, 0.5) is 11.4 Å². The van der Waals surface area contributed by atoms with Gasteiger partial charge in [-0.2, -0.15) is 0 Å². The molecule has 0 spiro atoms. The van der Waals surface area contributed by atoms with Crippen molar-refractivity contribution >= 4 is 23.2 Å². The number of nitrogens with zero attached hydrogens (tertiary/aromatic N) is 2. The van der Waals surface area contributed by atoms with Gasteiger partial charge in [-0.05, 0) is 51.2 Å². The van der Waals surface area contributed by atoms with Crippen molar-refractivity contribution in [3.8, 4) is 0 Å². The molecule has 2 N–H and O–H groups in total. The van der Waals surface area contributed by atoms with Crippen molar-refractivity contribution in [2.45, 2.75) is 26.7 Å². The van der Waals surface area contributed by atoms with Gasteiger partial charge in [-0.3, -0.25) is 9.59 Å². The van der Waals surface area contributed by atoms with E-state index in [1.165, 1.54) is 0 Å². The molecule has 0 bridgehead atoms. The Bertz CT molecular complexity index is 583. The molecule has 0 saturated heterocycles. The van der Waals surface area contributed by atoms with Gasteiger partial charge >= 0.3 is 0 Å². The minimum atomic E-state index is -0.123. The third-order valence-electron chi connectivity index (χ3n) is 3.67. The molecule has 0 heterocycles. The predicted molar refractivity (Wildman–Crippen MR) is 104 cm³/mol. The molecule has 0 radical (unpaired) electrons. The number of anilines is 2. The molecule has 0 aromatic heterocycles. The molecule has 0 unspecified atom stereocenters. The van der Waals surface area contributed by atoms with Crippen LogP contribution in [-0.2, 0) is 4.79 Å². The lowest BCUT2D eigenvalue weighted by Crippen LogP contribution is -2.28. The van der Waals surface area contributed by atoms with Crippen LogP contribution in [0.3, 0.4) is 0 Å². The number of carbonyl (C=O) groups excluding carboxylic acids is 2. The van der Waals surface area contributed by atoms with Gasteiger partial charge in [0.25, 0.3) is 5.91 Å². The number of amides is 2. The third kappa shape index (κ3) is 7.56. The number of rotatable bonds is 9. The molecule has 2 amide bonds. The molecule has 6 heteroatoms. The summed E-state index contributed by atoms with van der Waals surface area (Å²) in [5.41, 5.74) is 2.04. The summed E-state index contributed by atoms with van der Waals surface area (Å²) in [6, 6.07) is 5.44. The first-order valence-corrected chi connectivity index (χ1v) is 8.75. The van der Waals surface area contributed by atoms with Crippen molar-refractivity contribution in [3.05, 3.63) is 23.8 Å². The van der Waals surface area contributed by atoms with Gasteiger partial charge < -0.3 is 20.4 Å². The van der Waals surface area contributed by atoms with Crippen molar-refractivity contribution in [1.82, 2.24) is 10.2 Å². The third-order valence-corrected chi connectivity index (χ3v) is 3.67. The average Bonchev–Trinajstić information content (AvgIpc) is 2.49. The van der Waals surface area contributed by atoms with Gasteiger partial charge in [-0.25, -0.2) is 0 Å². The van der Waals surface area contributed by atoms with Crippen LogP contribution < -0.4 is 15.5 Å². The minimum absolute atomic E-state index is 0.0371. The van der Waals surface area contributed by atoms with E-state index in [1.807, 2.05) is 59.1 Å². The molecule has 0 aliphatic rings. The highest BCUT2D eigenvalue weighted by Gasteiger charge is 2.15. The summed E-state index contributed by atoms with van der Waals surface area (Å²) >= 11 is 0. The van der Waals surface area contributed by atoms with E-state index in [2.05, 4.69) is 15.5 Å². The van der Waals surface area contributed by atoms with Crippen molar-refractivity contribution < 1.29 is 9.59 Å². The quantitative estimate of drug-likeness (QED) is 0.673. The monoisotopic (exact) mass is 348 g/mol. The summed E-state index contributed by atoms with van der Waals surface area (Å²) in [6.07, 6.45) is 1.35. The fourth-order valence-corrected chi connectivity index (χ4v) is 2.46. The van der Waals surface area contributed by atoms with Gasteiger partial charge in [-0.1, -0.05) is 13.8 Å². The molecule has 6 nitrogen and oxygen atoms in total. The van der Waals surface area contributed by atoms with Crippen molar-refractivity contribution in [1.29, 1.82) is 0 Å². The summed E-state index contributed by atoms with van der Waals surface area (Å²) in [6.45, 7) is 5.54. The van der Waals surface area contributed by atoms with Crippen LogP contribution in [0.15, 0.2) is 18.2 Å². The minimum Gasteiger partial charge on any atom is -0.377 e. The Balaban J connectivity index is 2.84. The van der Waals surface area contributed by atoms with Gasteiger partial charge in [0.2, 0.25) is 5.91 Å². The van der Waals surface area contributed by atoms with Gasteiger partial charge in [0.1, 0.15) is 0 Å². The standard InChI is InChI=1S/C19H32N4O2/c1-14(2)12-18(24)21-15-8-9-17(23(5)6)16(13-15)19(25)20-10-7-11-22(3)4/h8-9,13-14H,7,10-12H2,1-6H3,(H,20,25)(H,21,24). The summed E-state index contributed by atoms with van der Waals surface area (Å²) < 4.78 is 0. The first-order chi connectivity index (χ1) is 11.7. The zero-order valence-corrected chi connectivity index (χ0v) is 16.3. The van der Waals surface area contributed by atoms with Crippen molar-refractivity contribution in [3.63, 3.8) is 0 Å². The van der Waals surface area contributed by atoms with Crippen LogP contribution in [-0.4, -0.2) is 58.0 Å². The van der Waals surface area contributed by atoms with Gasteiger partial charge in [0, 0.05) is 38.4 Å². The van der Waals surface area contributed by atoms with E-state index in [0.29, 0.717) is 30.1 Å². The van der Waals surface area contributed by atoms with E-state index >= 15 is 0 Å². The Labute approximate surface area is 151 Å². The Morgan fingerprint density at radius 1 is 1.12 bits per heavy atom. The van der Waals surface area contributed by atoms with E-state index in [9.17, 15) is 9.59 Å². The van der Waals surface area contributed by atoms with Crippen LogP contribution in [0.1, 0.15) is 37.0 Å². The highest BCUT2D eigenvalue weighted by molar-refractivity contribution is 6.02. The Kier molecular flexibility index (Phi) is 8.41. The van der Waals surface area contributed by atoms with Crippen LogP contribution in [0.25, 0.3) is 0 Å². The number of hydrogen-bond acceptors (Lipinski definition) is 4. The Morgan fingerprint density at radius 2 is 1.80 bits per heavy atom. The summed E-state index contributed by atoms with van der Waals surface area (Å²) in [4.78, 5) is 28.5. The maximum atomic E-state index is 12.6. The zero-order chi connectivity index (χ0) is 19.0. The van der Waals surface area contributed by atoms with Crippen molar-refractivity contribution in [2.24, 2.45) is 5.92 Å². The lowest BCUT2D eigenvalue weighted by molar-refractivity contribution is -0.116. The second-order valence-electron chi connectivity index (χ2n) is 7.19. The Hall–Kier alpha value is -2.08. The van der Waals surface area contributed by atoms with Gasteiger partial charge in [0.15, 0.2) is 0 Å². The summed E-state index contributed by atoms with van der Waals surface area (Å²) in [7, 11) is 7.81. The smallest absolute Gasteiger partial charge is 0.253 e. The molecule has 140 valence electrons. The molecule has 0 aliphatic carbocycles. The van der Waals surface area contributed by atoms with E-state index < -0.39 is 0 Å². The first-order valence-electron chi connectivity index (χ1n) is 8.75. The Morgan fingerprint density at radius 3 is 2.36 bits per heavy atom. The molecule has 1 rings (SSSR count). The number of carbonyl (C=O) groups is 2. The van der Waals surface area contributed by atoms with Crippen molar-refractivity contribution in [2.75, 3.05) is 51.5 Å². The van der Waals surface area contributed by atoms with E-state index in [4.69, 9.17) is 0 Å². The first kappa shape index (κ1) is 21.0. The van der Waals surface area contributed by atoms with Crippen LogP contribution in [0, 0.1) is 5.92 Å². The normalized spacial score (nSPS) is 10.9. The molecule has 25 heavy (non-hydrogen) atoms. The topological polar surface area (TPSA) is 64.7 Å². The summed E-state index contributed by atoms with van der Waals surface area (Å²) in [5, 5.41) is 5.83. The SMILES string of the molecule is CC(C)CC(=O)Nc1ccc(N(C)C)c(C(=O)NCCCN(C)C)c1. The molecule has 1 aromatic carbocycles. The second kappa shape index (κ2) is 10.0.